The van der Waals surface area contributed by atoms with Gasteiger partial charge in [-0.1, -0.05) is 64.2 Å². The molecule has 0 radical (unpaired) electrons. The fourth-order valence-corrected chi connectivity index (χ4v) is 7.96. The number of nitrogens with one attached hydrogen (secondary N) is 1. The molecule has 3 aliphatic heterocycles. The summed E-state index contributed by atoms with van der Waals surface area (Å²) in [7, 11) is -3.23. The molecule has 2 fully saturated rings. The maximum absolute atomic E-state index is 13.5. The van der Waals surface area contributed by atoms with E-state index in [4.69, 9.17) is 12.2 Å². The van der Waals surface area contributed by atoms with Gasteiger partial charge in [-0.05, 0) is 30.7 Å². The lowest BCUT2D eigenvalue weighted by Crippen LogP contribution is -2.39. The number of nitrogens with zero attached hydrogens (tertiary/aromatic N) is 2. The van der Waals surface area contributed by atoms with Crippen LogP contribution in [0, 0.1) is 0 Å². The van der Waals surface area contributed by atoms with Crippen LogP contribution in [0.15, 0.2) is 57.9 Å². The van der Waals surface area contributed by atoms with E-state index in [1.807, 2.05) is 6.07 Å². The molecule has 1 N–H and O–H groups in total. The van der Waals surface area contributed by atoms with Crippen LogP contribution in [-0.2, 0) is 24.2 Å². The van der Waals surface area contributed by atoms with Gasteiger partial charge in [0.15, 0.2) is 9.84 Å². The van der Waals surface area contributed by atoms with Crippen molar-refractivity contribution in [2.45, 2.75) is 12.5 Å². The van der Waals surface area contributed by atoms with Crippen LogP contribution in [0.2, 0.25) is 0 Å². The molecule has 8 nitrogen and oxygen atoms in total. The highest BCUT2D eigenvalue weighted by molar-refractivity contribution is 9.10. The van der Waals surface area contributed by atoms with Crippen LogP contribution in [0.5, 0.6) is 0 Å². The van der Waals surface area contributed by atoms with Gasteiger partial charge in [0.2, 0.25) is 5.91 Å². The zero-order valence-electron chi connectivity index (χ0n) is 18.1. The SMILES string of the molecule is O=C(CN1C(=O)/C(=C2/SC(=S)N([C@@H]3CCS(=O)(=O)C3)C2=O)c2ccccc21)Nc1cccc(Br)c1. The lowest BCUT2D eigenvalue weighted by Gasteiger charge is -2.21. The highest BCUT2D eigenvalue weighted by Gasteiger charge is 2.46. The Hall–Kier alpha value is -2.54. The number of hydrogen-bond acceptors (Lipinski definition) is 7. The number of carbonyl (C=O) groups excluding carboxylic acids is 3. The van der Waals surface area contributed by atoms with Crippen molar-refractivity contribution < 1.29 is 22.8 Å². The summed E-state index contributed by atoms with van der Waals surface area (Å²) in [4.78, 5) is 42.5. The number of hydrogen-bond donors (Lipinski definition) is 1. The van der Waals surface area contributed by atoms with Crippen LogP contribution >= 0.6 is 39.9 Å². The third-order valence-electron chi connectivity index (χ3n) is 5.93. The Labute approximate surface area is 219 Å². The van der Waals surface area contributed by atoms with Gasteiger partial charge < -0.3 is 5.32 Å². The van der Waals surface area contributed by atoms with Crippen LogP contribution in [0.4, 0.5) is 11.4 Å². The number of carbonyl (C=O) groups is 3. The molecule has 3 heterocycles. The van der Waals surface area contributed by atoms with Crippen molar-refractivity contribution in [1.29, 1.82) is 0 Å². The smallest absolute Gasteiger partial charge is 0.267 e. The largest absolute Gasteiger partial charge is 0.324 e. The van der Waals surface area contributed by atoms with Crippen molar-refractivity contribution in [2.24, 2.45) is 0 Å². The van der Waals surface area contributed by atoms with Crippen molar-refractivity contribution in [1.82, 2.24) is 4.90 Å². The van der Waals surface area contributed by atoms with E-state index in [0.717, 1.165) is 16.2 Å². The number of thioether (sulfide) groups is 1. The zero-order valence-corrected chi connectivity index (χ0v) is 22.1. The van der Waals surface area contributed by atoms with Gasteiger partial charge in [-0.15, -0.1) is 0 Å². The first-order chi connectivity index (χ1) is 16.6. The number of sulfone groups is 1. The van der Waals surface area contributed by atoms with E-state index in [0.29, 0.717) is 23.4 Å². The number of halogens is 1. The van der Waals surface area contributed by atoms with E-state index < -0.39 is 33.6 Å². The molecule has 2 aromatic carbocycles. The van der Waals surface area contributed by atoms with Gasteiger partial charge in [0, 0.05) is 15.7 Å². The van der Waals surface area contributed by atoms with Gasteiger partial charge in [-0.25, -0.2) is 8.42 Å². The second kappa shape index (κ2) is 9.16. The summed E-state index contributed by atoms with van der Waals surface area (Å²) in [6.07, 6.45) is 0.309. The summed E-state index contributed by atoms with van der Waals surface area (Å²) < 4.78 is 25.0. The summed E-state index contributed by atoms with van der Waals surface area (Å²) in [5, 5.41) is 2.78. The van der Waals surface area contributed by atoms with Crippen molar-refractivity contribution in [3.63, 3.8) is 0 Å². The van der Waals surface area contributed by atoms with E-state index in [1.165, 1.54) is 9.80 Å². The first-order valence-corrected chi connectivity index (χ1v) is 14.5. The molecule has 3 aliphatic rings. The minimum atomic E-state index is -3.23. The molecule has 0 bridgehead atoms. The average Bonchev–Trinajstić information content (AvgIpc) is 3.39. The quantitative estimate of drug-likeness (QED) is 0.430. The maximum atomic E-state index is 13.5. The van der Waals surface area contributed by atoms with Gasteiger partial charge in [-0.3, -0.25) is 24.2 Å². The molecule has 0 aliphatic carbocycles. The fourth-order valence-electron chi connectivity index (χ4n) is 4.39. The van der Waals surface area contributed by atoms with Crippen LogP contribution in [0.3, 0.4) is 0 Å². The Kier molecular flexibility index (Phi) is 6.32. The molecule has 0 saturated carbocycles. The molecule has 0 aromatic heterocycles. The van der Waals surface area contributed by atoms with Crippen molar-refractivity contribution >= 4 is 88.7 Å². The number of benzene rings is 2. The van der Waals surface area contributed by atoms with E-state index in [2.05, 4.69) is 21.2 Å². The molecular formula is C23H18BrN3O5S3. The lowest BCUT2D eigenvalue weighted by atomic mass is 10.1. The van der Waals surface area contributed by atoms with Crippen LogP contribution < -0.4 is 10.2 Å². The summed E-state index contributed by atoms with van der Waals surface area (Å²) in [6.45, 7) is -0.243. The van der Waals surface area contributed by atoms with Crippen LogP contribution in [0.1, 0.15) is 12.0 Å². The molecule has 180 valence electrons. The molecule has 0 spiro atoms. The lowest BCUT2D eigenvalue weighted by molar-refractivity contribution is -0.123. The standard InChI is InChI=1S/C23H18BrN3O5S3/c24-13-4-3-5-14(10-13)25-18(28)11-26-17-7-2-1-6-16(17)19(21(26)29)20-22(30)27(23(33)34-20)15-8-9-35(31,32)12-15/h1-7,10,15H,8-9,11-12H2,(H,25,28)/b20-19+/t15-/m1/s1. The Morgan fingerprint density at radius 1 is 1.14 bits per heavy atom. The summed E-state index contributed by atoms with van der Waals surface area (Å²) >= 11 is 9.76. The van der Waals surface area contributed by atoms with Crippen LogP contribution in [0.25, 0.3) is 5.57 Å². The minimum Gasteiger partial charge on any atom is -0.324 e. The first kappa shape index (κ1) is 24.2. The molecule has 2 saturated heterocycles. The highest BCUT2D eigenvalue weighted by Crippen LogP contribution is 2.45. The van der Waals surface area contributed by atoms with E-state index in [-0.39, 0.29) is 32.8 Å². The number of rotatable bonds is 4. The Morgan fingerprint density at radius 2 is 1.91 bits per heavy atom. The highest BCUT2D eigenvalue weighted by atomic mass is 79.9. The number of fused-ring (bicyclic) bond motifs is 1. The van der Waals surface area contributed by atoms with Gasteiger partial charge in [0.1, 0.15) is 10.9 Å². The molecule has 1 atom stereocenters. The predicted molar refractivity (Wildman–Crippen MR) is 143 cm³/mol. The monoisotopic (exact) mass is 591 g/mol. The van der Waals surface area contributed by atoms with Crippen LogP contribution in [-0.4, -0.2) is 59.5 Å². The topological polar surface area (TPSA) is 104 Å². The molecule has 35 heavy (non-hydrogen) atoms. The summed E-state index contributed by atoms with van der Waals surface area (Å²) in [6, 6.07) is 13.5. The van der Waals surface area contributed by atoms with E-state index in [1.54, 1.807) is 42.5 Å². The molecular weight excluding hydrogens is 574 g/mol. The molecule has 2 aromatic rings. The predicted octanol–water partition coefficient (Wildman–Crippen LogP) is 3.19. The van der Waals surface area contributed by atoms with Gasteiger partial charge in [0.05, 0.1) is 33.7 Å². The third-order valence-corrected chi connectivity index (χ3v) is 9.58. The first-order valence-electron chi connectivity index (χ1n) is 10.6. The van der Waals surface area contributed by atoms with E-state index >= 15 is 0 Å². The Morgan fingerprint density at radius 3 is 2.63 bits per heavy atom. The van der Waals surface area contributed by atoms with Crippen molar-refractivity contribution in [3.05, 3.63) is 63.5 Å². The summed E-state index contributed by atoms with van der Waals surface area (Å²) in [5.74, 6) is -1.48. The second-order valence-electron chi connectivity index (χ2n) is 8.27. The third kappa shape index (κ3) is 4.55. The van der Waals surface area contributed by atoms with Gasteiger partial charge in [-0.2, -0.15) is 0 Å². The second-order valence-corrected chi connectivity index (χ2v) is 13.1. The summed E-state index contributed by atoms with van der Waals surface area (Å²) in [5.41, 5.74) is 1.81. The van der Waals surface area contributed by atoms with Crippen molar-refractivity contribution in [2.75, 3.05) is 28.3 Å². The molecule has 0 unspecified atom stereocenters. The molecule has 3 amide bonds. The molecule has 12 heteroatoms. The average molecular weight is 593 g/mol. The maximum Gasteiger partial charge on any atom is 0.267 e. The fraction of sp³-hybridized carbons (Fsp3) is 0.217. The Bertz CT molecular complexity index is 1440. The van der Waals surface area contributed by atoms with Crippen molar-refractivity contribution in [3.8, 4) is 0 Å². The molecule has 5 rings (SSSR count). The minimum absolute atomic E-state index is 0.00324. The zero-order chi connectivity index (χ0) is 24.9. The Balaban J connectivity index is 1.45. The number of anilines is 2. The van der Waals surface area contributed by atoms with Gasteiger partial charge >= 0.3 is 0 Å². The number of thiocarbonyl (C=S) groups is 1. The number of amides is 3. The van der Waals surface area contributed by atoms with Gasteiger partial charge in [0.25, 0.3) is 11.8 Å². The van der Waals surface area contributed by atoms with E-state index in [9.17, 15) is 22.8 Å². The normalized spacial score (nSPS) is 23.2. The number of para-hydroxylation sites is 1.